The summed E-state index contributed by atoms with van der Waals surface area (Å²) in [6.45, 7) is 1.84. The van der Waals surface area contributed by atoms with Crippen molar-refractivity contribution < 1.29 is 9.90 Å². The lowest BCUT2D eigenvalue weighted by Crippen LogP contribution is -2.06. The quantitative estimate of drug-likeness (QED) is 0.891. The van der Waals surface area contributed by atoms with E-state index in [1.54, 1.807) is 6.07 Å². The minimum Gasteiger partial charge on any atom is -0.508 e. The van der Waals surface area contributed by atoms with Crippen LogP contribution in [0.25, 0.3) is 0 Å². The van der Waals surface area contributed by atoms with Gasteiger partial charge in [0, 0.05) is 12.8 Å². The summed E-state index contributed by atoms with van der Waals surface area (Å²) in [5.74, 6) is 0.407. The van der Waals surface area contributed by atoms with Gasteiger partial charge in [0.15, 0.2) is 0 Å². The molecule has 0 spiro atoms. The van der Waals surface area contributed by atoms with Gasteiger partial charge >= 0.3 is 0 Å². The van der Waals surface area contributed by atoms with E-state index in [-0.39, 0.29) is 11.5 Å². The summed E-state index contributed by atoms with van der Waals surface area (Å²) < 4.78 is 0. The molecule has 0 saturated heterocycles. The summed E-state index contributed by atoms with van der Waals surface area (Å²) >= 11 is 0. The van der Waals surface area contributed by atoms with Crippen LogP contribution >= 0.6 is 0 Å². The lowest BCUT2D eigenvalue weighted by Gasteiger charge is -2.04. The average Bonchev–Trinajstić information content (AvgIpc) is 2.35. The van der Waals surface area contributed by atoms with Gasteiger partial charge in [-0.3, -0.25) is 4.79 Å². The van der Waals surface area contributed by atoms with Crippen molar-refractivity contribution in [2.24, 2.45) is 0 Å². The highest BCUT2D eigenvalue weighted by atomic mass is 16.3. The normalized spacial score (nSPS) is 10.3. The lowest BCUT2D eigenvalue weighted by atomic mass is 10.0. The van der Waals surface area contributed by atoms with E-state index in [0.29, 0.717) is 12.8 Å². The molecular formula is C16H16O2. The van der Waals surface area contributed by atoms with Crippen LogP contribution in [0.5, 0.6) is 5.75 Å². The first kappa shape index (κ1) is 12.4. The number of carbonyl (C=O) groups is 1. The molecule has 2 heteroatoms. The third kappa shape index (κ3) is 3.20. The number of carbonyl (C=O) groups excluding carboxylic acids is 1. The molecule has 0 atom stereocenters. The fraction of sp³-hybridized carbons (Fsp3) is 0.188. The molecule has 0 radical (unpaired) electrons. The predicted molar refractivity (Wildman–Crippen MR) is 71.7 cm³/mol. The Labute approximate surface area is 107 Å². The Balaban J connectivity index is 2.01. The summed E-state index contributed by atoms with van der Waals surface area (Å²) in [7, 11) is 0. The maximum absolute atomic E-state index is 11.9. The van der Waals surface area contributed by atoms with E-state index in [1.165, 1.54) is 0 Å². The molecule has 1 N–H and O–H groups in total. The van der Waals surface area contributed by atoms with Crippen molar-refractivity contribution in [2.45, 2.75) is 19.8 Å². The van der Waals surface area contributed by atoms with Gasteiger partial charge in [0.25, 0.3) is 0 Å². The molecule has 0 aliphatic carbocycles. The number of hydrogen-bond donors (Lipinski definition) is 1. The average molecular weight is 240 g/mol. The van der Waals surface area contributed by atoms with Gasteiger partial charge in [-0.05, 0) is 29.7 Å². The van der Waals surface area contributed by atoms with Crippen LogP contribution in [0, 0.1) is 6.92 Å². The zero-order valence-corrected chi connectivity index (χ0v) is 10.4. The second-order valence-corrected chi connectivity index (χ2v) is 4.50. The standard InChI is InChI=1S/C16H16O2/c1-12-7-8-14(11-16(12)18)10-15(17)9-13-5-3-2-4-6-13/h2-8,11,18H,9-10H2,1H3. The smallest absolute Gasteiger partial charge is 0.141 e. The van der Waals surface area contributed by atoms with Crippen LogP contribution in [0.2, 0.25) is 0 Å². The number of Topliss-reactive ketones (excluding diaryl/α,β-unsaturated/α-hetero) is 1. The zero-order chi connectivity index (χ0) is 13.0. The zero-order valence-electron chi connectivity index (χ0n) is 10.4. The molecule has 0 fully saturated rings. The Bertz CT molecular complexity index is 544. The Kier molecular flexibility index (Phi) is 3.78. The molecule has 2 rings (SSSR count). The number of benzene rings is 2. The highest BCUT2D eigenvalue weighted by molar-refractivity contribution is 5.83. The molecule has 0 unspecified atom stereocenters. The van der Waals surface area contributed by atoms with E-state index >= 15 is 0 Å². The van der Waals surface area contributed by atoms with E-state index in [4.69, 9.17) is 0 Å². The summed E-state index contributed by atoms with van der Waals surface area (Å²) in [6.07, 6.45) is 0.804. The Morgan fingerprint density at radius 1 is 1.00 bits per heavy atom. The predicted octanol–water partition coefficient (Wildman–Crippen LogP) is 3.05. The number of aryl methyl sites for hydroxylation is 1. The number of ketones is 1. The molecule has 2 nitrogen and oxygen atoms in total. The third-order valence-electron chi connectivity index (χ3n) is 2.92. The van der Waals surface area contributed by atoms with Gasteiger partial charge in [-0.25, -0.2) is 0 Å². The number of phenolic OH excluding ortho intramolecular Hbond substituents is 1. The summed E-state index contributed by atoms with van der Waals surface area (Å²) in [5.41, 5.74) is 2.71. The molecule has 0 aromatic heterocycles. The molecule has 92 valence electrons. The Morgan fingerprint density at radius 3 is 2.33 bits per heavy atom. The summed E-state index contributed by atoms with van der Waals surface area (Å²) in [4.78, 5) is 11.9. The third-order valence-corrected chi connectivity index (χ3v) is 2.92. The van der Waals surface area contributed by atoms with Gasteiger partial charge < -0.3 is 5.11 Å². The van der Waals surface area contributed by atoms with Crippen molar-refractivity contribution in [3.05, 3.63) is 65.2 Å². The van der Waals surface area contributed by atoms with Gasteiger partial charge in [0.1, 0.15) is 11.5 Å². The van der Waals surface area contributed by atoms with E-state index in [9.17, 15) is 9.90 Å². The van der Waals surface area contributed by atoms with Crippen LogP contribution < -0.4 is 0 Å². The minimum absolute atomic E-state index is 0.157. The van der Waals surface area contributed by atoms with Gasteiger partial charge in [-0.1, -0.05) is 42.5 Å². The fourth-order valence-electron chi connectivity index (χ4n) is 1.88. The van der Waals surface area contributed by atoms with Gasteiger partial charge in [-0.15, -0.1) is 0 Å². The molecular weight excluding hydrogens is 224 g/mol. The van der Waals surface area contributed by atoms with E-state index < -0.39 is 0 Å². The van der Waals surface area contributed by atoms with Crippen LogP contribution in [0.15, 0.2) is 48.5 Å². The molecule has 2 aromatic rings. The molecule has 0 heterocycles. The minimum atomic E-state index is 0.157. The van der Waals surface area contributed by atoms with Crippen molar-refractivity contribution in [1.82, 2.24) is 0 Å². The first-order valence-corrected chi connectivity index (χ1v) is 5.99. The van der Waals surface area contributed by atoms with Crippen LogP contribution in [-0.2, 0) is 17.6 Å². The number of rotatable bonds is 4. The van der Waals surface area contributed by atoms with Crippen LogP contribution in [0.1, 0.15) is 16.7 Å². The number of aromatic hydroxyl groups is 1. The largest absolute Gasteiger partial charge is 0.508 e. The van der Waals surface area contributed by atoms with Gasteiger partial charge in [0.2, 0.25) is 0 Å². The van der Waals surface area contributed by atoms with Gasteiger partial charge in [-0.2, -0.15) is 0 Å². The molecule has 0 saturated carbocycles. The maximum atomic E-state index is 11.9. The number of phenols is 1. The van der Waals surface area contributed by atoms with E-state index in [2.05, 4.69) is 0 Å². The monoisotopic (exact) mass is 240 g/mol. The van der Waals surface area contributed by atoms with E-state index in [0.717, 1.165) is 16.7 Å². The van der Waals surface area contributed by atoms with Crippen molar-refractivity contribution >= 4 is 5.78 Å². The highest BCUT2D eigenvalue weighted by Gasteiger charge is 2.06. The molecule has 0 bridgehead atoms. The van der Waals surface area contributed by atoms with Crippen molar-refractivity contribution in [1.29, 1.82) is 0 Å². The first-order valence-electron chi connectivity index (χ1n) is 5.99. The lowest BCUT2D eigenvalue weighted by molar-refractivity contribution is -0.117. The van der Waals surface area contributed by atoms with Crippen molar-refractivity contribution in [3.63, 3.8) is 0 Å². The molecule has 18 heavy (non-hydrogen) atoms. The SMILES string of the molecule is Cc1ccc(CC(=O)Cc2ccccc2)cc1O. The van der Waals surface area contributed by atoms with E-state index in [1.807, 2.05) is 49.4 Å². The van der Waals surface area contributed by atoms with Gasteiger partial charge in [0.05, 0.1) is 0 Å². The topological polar surface area (TPSA) is 37.3 Å². The number of hydrogen-bond acceptors (Lipinski definition) is 2. The molecule has 0 aliphatic heterocycles. The summed E-state index contributed by atoms with van der Waals surface area (Å²) in [6, 6.07) is 15.1. The van der Waals surface area contributed by atoms with Crippen molar-refractivity contribution in [2.75, 3.05) is 0 Å². The van der Waals surface area contributed by atoms with Crippen LogP contribution in [0.4, 0.5) is 0 Å². The van der Waals surface area contributed by atoms with Crippen molar-refractivity contribution in [3.8, 4) is 5.75 Å². The Morgan fingerprint density at radius 2 is 1.67 bits per heavy atom. The summed E-state index contributed by atoms with van der Waals surface area (Å²) in [5, 5.41) is 9.59. The first-order chi connectivity index (χ1) is 8.65. The maximum Gasteiger partial charge on any atom is 0.141 e. The molecule has 0 amide bonds. The second kappa shape index (κ2) is 5.50. The molecule has 2 aromatic carbocycles. The highest BCUT2D eigenvalue weighted by Crippen LogP contribution is 2.18. The Hall–Kier alpha value is -2.09. The fourth-order valence-corrected chi connectivity index (χ4v) is 1.88. The van der Waals surface area contributed by atoms with Crippen LogP contribution in [-0.4, -0.2) is 10.9 Å². The second-order valence-electron chi connectivity index (χ2n) is 4.50. The molecule has 0 aliphatic rings. The van der Waals surface area contributed by atoms with Crippen LogP contribution in [0.3, 0.4) is 0 Å².